The average molecular weight is 213 g/mol. The Balaban J connectivity index is 2.70. The number of aliphatic carboxylic acids is 1. The second kappa shape index (κ2) is 3.06. The predicted octanol–water partition coefficient (Wildman–Crippen LogP) is 0.509. The van der Waals surface area contributed by atoms with E-state index in [1.165, 1.54) is 18.2 Å². The Bertz CT molecular complexity index is 526. The zero-order valence-electron chi connectivity index (χ0n) is 6.79. The molecule has 5 heteroatoms. The number of rotatable bonds is 1. The van der Waals surface area contributed by atoms with Crippen LogP contribution in [-0.2, 0) is 4.79 Å². The highest BCUT2D eigenvalue weighted by Crippen LogP contribution is 2.11. The summed E-state index contributed by atoms with van der Waals surface area (Å²) in [7, 11) is 0. The number of carbonyl (C=O) groups is 1. The average Bonchev–Trinajstić information content (AvgIpc) is 2.56. The van der Waals surface area contributed by atoms with E-state index in [1.54, 1.807) is 0 Å². The molecule has 1 N–H and O–H groups in total. The maximum atomic E-state index is 13.3. The van der Waals surface area contributed by atoms with Crippen LogP contribution in [0.4, 0.5) is 4.39 Å². The minimum Gasteiger partial charge on any atom is -0.479 e. The van der Waals surface area contributed by atoms with E-state index in [4.69, 9.17) is 16.7 Å². The molecule has 0 saturated heterocycles. The molecule has 2 rings (SSSR count). The largest absolute Gasteiger partial charge is 0.479 e. The molecular formula is C9H4ClFNO2. The lowest BCUT2D eigenvalue weighted by Crippen LogP contribution is -2.25. The van der Waals surface area contributed by atoms with Crippen molar-refractivity contribution < 1.29 is 14.3 Å². The third kappa shape index (κ3) is 1.28. The highest BCUT2D eigenvalue weighted by molar-refractivity contribution is 6.30. The van der Waals surface area contributed by atoms with E-state index in [2.05, 4.69) is 4.99 Å². The minimum absolute atomic E-state index is 0.0400. The quantitative estimate of drug-likeness (QED) is 0.738. The summed E-state index contributed by atoms with van der Waals surface area (Å²) in [6.07, 6.45) is 1.17. The Morgan fingerprint density at radius 3 is 2.86 bits per heavy atom. The lowest BCUT2D eigenvalue weighted by molar-refractivity contribution is -0.134. The van der Waals surface area contributed by atoms with Gasteiger partial charge in [-0.2, -0.15) is 0 Å². The van der Waals surface area contributed by atoms with E-state index in [9.17, 15) is 9.18 Å². The maximum Gasteiger partial charge on any atom is 0.339 e. The van der Waals surface area contributed by atoms with E-state index < -0.39 is 11.8 Å². The number of carboxylic acid groups (broad SMARTS) is 1. The SMILES string of the molecule is O=C(O)[C]1C=c2c(F)c(Cl)ccc2=N1. The monoisotopic (exact) mass is 212 g/mol. The van der Waals surface area contributed by atoms with Crippen LogP contribution in [0, 0.1) is 11.9 Å². The fraction of sp³-hybridized carbons (Fsp3) is 0. The number of halogens is 2. The van der Waals surface area contributed by atoms with Gasteiger partial charge < -0.3 is 5.11 Å². The highest BCUT2D eigenvalue weighted by atomic mass is 35.5. The van der Waals surface area contributed by atoms with Crippen molar-refractivity contribution in [2.24, 2.45) is 4.99 Å². The van der Waals surface area contributed by atoms with Crippen molar-refractivity contribution in [3.63, 3.8) is 0 Å². The van der Waals surface area contributed by atoms with Gasteiger partial charge in [0.05, 0.1) is 10.4 Å². The highest BCUT2D eigenvalue weighted by Gasteiger charge is 2.20. The predicted molar refractivity (Wildman–Crippen MR) is 47.5 cm³/mol. The van der Waals surface area contributed by atoms with Crippen LogP contribution in [0.1, 0.15) is 0 Å². The van der Waals surface area contributed by atoms with Gasteiger partial charge in [-0.25, -0.2) is 9.18 Å². The van der Waals surface area contributed by atoms with Gasteiger partial charge >= 0.3 is 5.97 Å². The van der Waals surface area contributed by atoms with Crippen LogP contribution in [0.2, 0.25) is 5.02 Å². The third-order valence-corrected chi connectivity index (χ3v) is 2.14. The number of hydrogen-bond donors (Lipinski definition) is 1. The van der Waals surface area contributed by atoms with E-state index in [1.807, 2.05) is 0 Å². The van der Waals surface area contributed by atoms with Crippen LogP contribution >= 0.6 is 11.6 Å². The fourth-order valence-electron chi connectivity index (χ4n) is 1.20. The summed E-state index contributed by atoms with van der Waals surface area (Å²) < 4.78 is 13.3. The number of fused-ring (bicyclic) bond motifs is 1. The molecule has 0 spiro atoms. The first-order chi connectivity index (χ1) is 6.59. The third-order valence-electron chi connectivity index (χ3n) is 1.85. The molecule has 3 nitrogen and oxygen atoms in total. The molecule has 0 saturated carbocycles. The van der Waals surface area contributed by atoms with Crippen molar-refractivity contribution in [3.05, 3.63) is 39.6 Å². The van der Waals surface area contributed by atoms with Crippen molar-refractivity contribution in [3.8, 4) is 0 Å². The molecule has 0 aliphatic carbocycles. The summed E-state index contributed by atoms with van der Waals surface area (Å²) in [5, 5.41) is 9.02. The lowest BCUT2D eigenvalue weighted by Gasteiger charge is -1.90. The van der Waals surface area contributed by atoms with Gasteiger partial charge in [-0.15, -0.1) is 0 Å². The lowest BCUT2D eigenvalue weighted by atomic mass is 10.2. The van der Waals surface area contributed by atoms with Crippen molar-refractivity contribution in [2.75, 3.05) is 0 Å². The van der Waals surface area contributed by atoms with E-state index >= 15 is 0 Å². The van der Waals surface area contributed by atoms with Gasteiger partial charge in [0.15, 0.2) is 5.82 Å². The minimum atomic E-state index is -1.18. The first kappa shape index (κ1) is 9.15. The molecule has 1 aromatic rings. The smallest absolute Gasteiger partial charge is 0.339 e. The first-order valence-electron chi connectivity index (χ1n) is 3.74. The van der Waals surface area contributed by atoms with Gasteiger partial charge in [0.25, 0.3) is 0 Å². The summed E-state index contributed by atoms with van der Waals surface area (Å²) >= 11 is 5.53. The number of nitrogens with zero attached hydrogens (tertiary/aromatic N) is 1. The Morgan fingerprint density at radius 1 is 1.50 bits per heavy atom. The second-order valence-electron chi connectivity index (χ2n) is 2.74. The molecule has 14 heavy (non-hydrogen) atoms. The molecule has 0 amide bonds. The normalized spacial score (nSPS) is 14.4. The van der Waals surface area contributed by atoms with Gasteiger partial charge in [0, 0.05) is 5.22 Å². The van der Waals surface area contributed by atoms with Crippen molar-refractivity contribution >= 4 is 23.6 Å². The van der Waals surface area contributed by atoms with E-state index in [0.29, 0.717) is 5.36 Å². The Morgan fingerprint density at radius 2 is 2.21 bits per heavy atom. The Kier molecular flexibility index (Phi) is 2.00. The van der Waals surface area contributed by atoms with Gasteiger partial charge in [-0.1, -0.05) is 11.6 Å². The van der Waals surface area contributed by atoms with E-state index in [-0.39, 0.29) is 16.3 Å². The standard InChI is InChI=1S/C9H4ClFNO2/c10-5-1-2-6-4(8(5)11)3-7(12-6)9(13)14/h1-3H,(H,13,14). The zero-order chi connectivity index (χ0) is 10.3. The van der Waals surface area contributed by atoms with Crippen molar-refractivity contribution in [1.29, 1.82) is 0 Å². The molecule has 0 aromatic heterocycles. The summed E-state index contributed by atoms with van der Waals surface area (Å²) in [6.45, 7) is 0. The van der Waals surface area contributed by atoms with Crippen LogP contribution in [0.5, 0.6) is 0 Å². The molecule has 0 atom stereocenters. The molecule has 1 aliphatic heterocycles. The van der Waals surface area contributed by atoms with E-state index in [0.717, 1.165) is 0 Å². The molecule has 0 unspecified atom stereocenters. The fourth-order valence-corrected chi connectivity index (χ4v) is 1.36. The Labute approximate surface area is 83.2 Å². The molecule has 1 heterocycles. The maximum absolute atomic E-state index is 13.3. The van der Waals surface area contributed by atoms with Crippen LogP contribution in [0.3, 0.4) is 0 Å². The van der Waals surface area contributed by atoms with Crippen molar-refractivity contribution in [1.82, 2.24) is 0 Å². The number of carboxylic acids is 1. The molecule has 0 bridgehead atoms. The van der Waals surface area contributed by atoms with Gasteiger partial charge in [-0.05, 0) is 18.2 Å². The summed E-state index contributed by atoms with van der Waals surface area (Å²) in [6, 6.07) is 2.64. The zero-order valence-corrected chi connectivity index (χ0v) is 7.55. The van der Waals surface area contributed by atoms with Crippen LogP contribution in [0.25, 0.3) is 6.08 Å². The Hall–Kier alpha value is -1.42. The molecule has 1 aromatic carbocycles. The molecule has 1 aliphatic rings. The molecular weight excluding hydrogens is 209 g/mol. The van der Waals surface area contributed by atoms with Gasteiger partial charge in [0.1, 0.15) is 0 Å². The number of hydrogen-bond acceptors (Lipinski definition) is 2. The second-order valence-corrected chi connectivity index (χ2v) is 3.15. The van der Waals surface area contributed by atoms with Crippen molar-refractivity contribution in [2.45, 2.75) is 0 Å². The van der Waals surface area contributed by atoms with Gasteiger partial charge in [0.2, 0.25) is 6.04 Å². The summed E-state index contributed by atoms with van der Waals surface area (Å²) in [5.74, 6) is -1.82. The van der Waals surface area contributed by atoms with Crippen LogP contribution in [0.15, 0.2) is 17.1 Å². The first-order valence-corrected chi connectivity index (χ1v) is 4.12. The summed E-state index contributed by atoms with van der Waals surface area (Å²) in [4.78, 5) is 14.3. The number of benzene rings is 1. The van der Waals surface area contributed by atoms with Crippen LogP contribution in [-0.4, -0.2) is 11.1 Å². The molecule has 1 radical (unpaired) electrons. The topological polar surface area (TPSA) is 49.7 Å². The molecule has 71 valence electrons. The molecule has 0 fully saturated rings. The summed E-state index contributed by atoms with van der Waals surface area (Å²) in [5.41, 5.74) is 0. The van der Waals surface area contributed by atoms with Gasteiger partial charge in [-0.3, -0.25) is 4.99 Å². The van der Waals surface area contributed by atoms with Crippen LogP contribution < -0.4 is 10.6 Å².